The molecule has 0 saturated heterocycles. The third kappa shape index (κ3) is 3.93. The maximum atomic E-state index is 12.7. The van der Waals surface area contributed by atoms with E-state index in [-0.39, 0.29) is 18.0 Å². The molecule has 0 radical (unpaired) electrons. The molecule has 1 aliphatic heterocycles. The molecular formula is C21H22N4O3S. The van der Waals surface area contributed by atoms with E-state index in [0.717, 1.165) is 28.7 Å². The third-order valence-corrected chi connectivity index (χ3v) is 5.79. The van der Waals surface area contributed by atoms with Gasteiger partial charge in [-0.1, -0.05) is 36.0 Å². The van der Waals surface area contributed by atoms with E-state index in [9.17, 15) is 4.79 Å². The van der Waals surface area contributed by atoms with Crippen LogP contribution in [0.5, 0.6) is 11.5 Å². The van der Waals surface area contributed by atoms with Crippen molar-refractivity contribution in [2.45, 2.75) is 37.7 Å². The number of carbonyl (C=O) groups is 1. The summed E-state index contributed by atoms with van der Waals surface area (Å²) in [5.41, 5.74) is 2.86. The van der Waals surface area contributed by atoms with Crippen LogP contribution in [0, 0.1) is 6.92 Å². The molecule has 0 saturated carbocycles. The molecule has 0 unspecified atom stereocenters. The first-order valence-electron chi connectivity index (χ1n) is 9.43. The van der Waals surface area contributed by atoms with Gasteiger partial charge in [0.15, 0.2) is 22.5 Å². The molecule has 2 heterocycles. The summed E-state index contributed by atoms with van der Waals surface area (Å²) >= 11 is 1.39. The number of aryl methyl sites for hydroxylation is 1. The van der Waals surface area contributed by atoms with Crippen LogP contribution < -0.4 is 14.8 Å². The van der Waals surface area contributed by atoms with Gasteiger partial charge in [0.05, 0.1) is 5.25 Å². The van der Waals surface area contributed by atoms with Gasteiger partial charge in [-0.25, -0.2) is 0 Å². The summed E-state index contributed by atoms with van der Waals surface area (Å²) in [5.74, 6) is 2.02. The molecule has 0 aliphatic carbocycles. The summed E-state index contributed by atoms with van der Waals surface area (Å²) in [6, 6.07) is 13.4. The number of thioether (sulfide) groups is 1. The van der Waals surface area contributed by atoms with Crippen LogP contribution in [-0.4, -0.2) is 32.7 Å². The van der Waals surface area contributed by atoms with E-state index < -0.39 is 0 Å². The van der Waals surface area contributed by atoms with Crippen molar-refractivity contribution in [1.29, 1.82) is 0 Å². The lowest BCUT2D eigenvalue weighted by Crippen LogP contribution is -2.23. The number of anilines is 1. The van der Waals surface area contributed by atoms with Gasteiger partial charge in [-0.05, 0) is 38.5 Å². The van der Waals surface area contributed by atoms with Gasteiger partial charge in [0.1, 0.15) is 0 Å². The molecule has 8 heteroatoms. The molecule has 1 aromatic heterocycles. The molecule has 0 spiro atoms. The second-order valence-electron chi connectivity index (χ2n) is 6.68. The van der Waals surface area contributed by atoms with E-state index in [1.165, 1.54) is 11.8 Å². The molecular weight excluding hydrogens is 388 g/mol. The standard InChI is InChI=1S/C21H22N4O3S/c1-4-25-19(16-8-6-5-7-13(16)2)23-24-21(25)29-14(3)20(26)22-15-9-10-17-18(11-15)28-12-27-17/h5-11,14H,4,12H2,1-3H3,(H,22,26)/t14-/m0/s1. The minimum atomic E-state index is -0.348. The number of hydrogen-bond acceptors (Lipinski definition) is 6. The van der Waals surface area contributed by atoms with Crippen molar-refractivity contribution < 1.29 is 14.3 Å². The van der Waals surface area contributed by atoms with Gasteiger partial charge in [-0.15, -0.1) is 10.2 Å². The van der Waals surface area contributed by atoms with Crippen LogP contribution in [0.2, 0.25) is 0 Å². The van der Waals surface area contributed by atoms with Gasteiger partial charge >= 0.3 is 0 Å². The highest BCUT2D eigenvalue weighted by atomic mass is 32.2. The van der Waals surface area contributed by atoms with Gasteiger partial charge < -0.3 is 19.4 Å². The maximum Gasteiger partial charge on any atom is 0.237 e. The van der Waals surface area contributed by atoms with Crippen LogP contribution in [0.1, 0.15) is 19.4 Å². The Labute approximate surface area is 173 Å². The molecule has 0 bridgehead atoms. The molecule has 1 atom stereocenters. The number of hydrogen-bond donors (Lipinski definition) is 1. The lowest BCUT2D eigenvalue weighted by atomic mass is 10.1. The van der Waals surface area contributed by atoms with Crippen molar-refractivity contribution in [3.05, 3.63) is 48.0 Å². The fourth-order valence-corrected chi connectivity index (χ4v) is 4.03. The highest BCUT2D eigenvalue weighted by Crippen LogP contribution is 2.34. The fourth-order valence-electron chi connectivity index (χ4n) is 3.11. The Hall–Kier alpha value is -3.00. The lowest BCUT2D eigenvalue weighted by molar-refractivity contribution is -0.115. The lowest BCUT2D eigenvalue weighted by Gasteiger charge is -2.13. The van der Waals surface area contributed by atoms with E-state index in [1.807, 2.05) is 36.6 Å². The smallest absolute Gasteiger partial charge is 0.237 e. The first kappa shape index (κ1) is 19.3. The van der Waals surface area contributed by atoms with Crippen LogP contribution in [0.15, 0.2) is 47.6 Å². The first-order chi connectivity index (χ1) is 14.1. The normalized spacial score (nSPS) is 13.3. The number of aromatic nitrogens is 3. The van der Waals surface area contributed by atoms with Gasteiger partial charge in [-0.3, -0.25) is 4.79 Å². The molecule has 29 heavy (non-hydrogen) atoms. The summed E-state index contributed by atoms with van der Waals surface area (Å²) in [7, 11) is 0. The average Bonchev–Trinajstić information content (AvgIpc) is 3.34. The molecule has 7 nitrogen and oxygen atoms in total. The van der Waals surface area contributed by atoms with E-state index in [0.29, 0.717) is 17.2 Å². The number of benzene rings is 2. The van der Waals surface area contributed by atoms with E-state index in [1.54, 1.807) is 18.2 Å². The number of carbonyl (C=O) groups excluding carboxylic acids is 1. The molecule has 0 fully saturated rings. The minimum absolute atomic E-state index is 0.114. The van der Waals surface area contributed by atoms with Crippen molar-refractivity contribution >= 4 is 23.4 Å². The predicted octanol–water partition coefficient (Wildman–Crippen LogP) is 4.12. The number of nitrogens with one attached hydrogen (secondary N) is 1. The molecule has 1 amide bonds. The Morgan fingerprint density at radius 3 is 2.79 bits per heavy atom. The number of amides is 1. The first-order valence-corrected chi connectivity index (χ1v) is 10.3. The SMILES string of the molecule is CCn1c(S[C@@H](C)C(=O)Nc2ccc3c(c2)OCO3)nnc1-c1ccccc1C. The molecule has 2 aromatic carbocycles. The van der Waals surface area contributed by atoms with Crippen molar-refractivity contribution in [3.8, 4) is 22.9 Å². The Bertz CT molecular complexity index is 1050. The van der Waals surface area contributed by atoms with E-state index in [2.05, 4.69) is 28.5 Å². The fraction of sp³-hybridized carbons (Fsp3) is 0.286. The Balaban J connectivity index is 1.49. The van der Waals surface area contributed by atoms with Crippen LogP contribution in [-0.2, 0) is 11.3 Å². The average molecular weight is 410 g/mol. The Kier molecular flexibility index (Phi) is 5.44. The van der Waals surface area contributed by atoms with Gasteiger partial charge in [0.25, 0.3) is 0 Å². The largest absolute Gasteiger partial charge is 0.454 e. The van der Waals surface area contributed by atoms with Crippen molar-refractivity contribution in [1.82, 2.24) is 14.8 Å². The number of rotatable bonds is 6. The quantitative estimate of drug-likeness (QED) is 0.616. The third-order valence-electron chi connectivity index (χ3n) is 4.71. The van der Waals surface area contributed by atoms with Crippen LogP contribution in [0.25, 0.3) is 11.4 Å². The number of nitrogens with zero attached hydrogens (tertiary/aromatic N) is 3. The molecule has 1 N–H and O–H groups in total. The zero-order chi connectivity index (χ0) is 20.4. The molecule has 150 valence electrons. The zero-order valence-electron chi connectivity index (χ0n) is 16.5. The van der Waals surface area contributed by atoms with Crippen LogP contribution in [0.4, 0.5) is 5.69 Å². The second-order valence-corrected chi connectivity index (χ2v) is 7.99. The van der Waals surface area contributed by atoms with Gasteiger partial charge in [0.2, 0.25) is 12.7 Å². The zero-order valence-corrected chi connectivity index (χ0v) is 17.3. The highest BCUT2D eigenvalue weighted by Gasteiger charge is 2.22. The van der Waals surface area contributed by atoms with Gasteiger partial charge in [0, 0.05) is 23.9 Å². The molecule has 1 aliphatic rings. The second kappa shape index (κ2) is 8.16. The minimum Gasteiger partial charge on any atom is -0.454 e. The van der Waals surface area contributed by atoms with Crippen molar-refractivity contribution in [2.75, 3.05) is 12.1 Å². The Morgan fingerprint density at radius 1 is 1.21 bits per heavy atom. The summed E-state index contributed by atoms with van der Waals surface area (Å²) in [6.45, 7) is 6.88. The highest BCUT2D eigenvalue weighted by molar-refractivity contribution is 8.00. The molecule has 3 aromatic rings. The van der Waals surface area contributed by atoms with Crippen LogP contribution in [0.3, 0.4) is 0 Å². The summed E-state index contributed by atoms with van der Waals surface area (Å²) in [6.07, 6.45) is 0. The monoisotopic (exact) mass is 410 g/mol. The maximum absolute atomic E-state index is 12.7. The van der Waals surface area contributed by atoms with Crippen molar-refractivity contribution in [2.24, 2.45) is 0 Å². The predicted molar refractivity (Wildman–Crippen MR) is 112 cm³/mol. The topological polar surface area (TPSA) is 78.3 Å². The molecule has 4 rings (SSSR count). The van der Waals surface area contributed by atoms with Crippen molar-refractivity contribution in [3.63, 3.8) is 0 Å². The number of ether oxygens (including phenoxy) is 2. The van der Waals surface area contributed by atoms with E-state index in [4.69, 9.17) is 9.47 Å². The summed E-state index contributed by atoms with van der Waals surface area (Å²) in [4.78, 5) is 12.7. The van der Waals surface area contributed by atoms with Gasteiger partial charge in [-0.2, -0.15) is 0 Å². The summed E-state index contributed by atoms with van der Waals surface area (Å²) < 4.78 is 12.7. The number of fused-ring (bicyclic) bond motifs is 1. The van der Waals surface area contributed by atoms with E-state index >= 15 is 0 Å². The summed E-state index contributed by atoms with van der Waals surface area (Å²) in [5, 5.41) is 12.0. The van der Waals surface area contributed by atoms with Crippen LogP contribution >= 0.6 is 11.8 Å². The Morgan fingerprint density at radius 2 is 2.00 bits per heavy atom.